The lowest BCUT2D eigenvalue weighted by Gasteiger charge is -2.13. The second-order valence-corrected chi connectivity index (χ2v) is 4.68. The highest BCUT2D eigenvalue weighted by Gasteiger charge is 2.21. The van der Waals surface area contributed by atoms with Crippen molar-refractivity contribution in [3.8, 4) is 0 Å². The standard InChI is InChI=1S/C13H22N2O2/c1-11(2)14-9-5-3-4-6-10-15-12(16)7-8-13(15)17/h7-8,11,14H,3-6,9-10H2,1-2H3. The van der Waals surface area contributed by atoms with Crippen LogP contribution in [0.25, 0.3) is 0 Å². The van der Waals surface area contributed by atoms with Gasteiger partial charge in [0, 0.05) is 24.7 Å². The average Bonchev–Trinajstić information content (AvgIpc) is 2.58. The lowest BCUT2D eigenvalue weighted by Crippen LogP contribution is -2.30. The Morgan fingerprint density at radius 3 is 2.24 bits per heavy atom. The maximum atomic E-state index is 11.2. The largest absolute Gasteiger partial charge is 0.315 e. The van der Waals surface area contributed by atoms with E-state index in [1.807, 2.05) is 0 Å². The van der Waals surface area contributed by atoms with Gasteiger partial charge in [-0.25, -0.2) is 0 Å². The predicted octanol–water partition coefficient (Wildman–Crippen LogP) is 1.47. The second-order valence-electron chi connectivity index (χ2n) is 4.68. The molecule has 2 amide bonds. The van der Waals surface area contributed by atoms with Gasteiger partial charge in [-0.1, -0.05) is 26.7 Å². The molecule has 0 aromatic heterocycles. The Bertz CT molecular complexity index is 280. The van der Waals surface area contributed by atoms with Gasteiger partial charge in [0.15, 0.2) is 0 Å². The van der Waals surface area contributed by atoms with Crippen LogP contribution >= 0.6 is 0 Å². The van der Waals surface area contributed by atoms with Crippen LogP contribution in [0.2, 0.25) is 0 Å². The van der Waals surface area contributed by atoms with Gasteiger partial charge >= 0.3 is 0 Å². The summed E-state index contributed by atoms with van der Waals surface area (Å²) in [5, 5.41) is 3.36. The second kappa shape index (κ2) is 7.22. The van der Waals surface area contributed by atoms with Gasteiger partial charge in [-0.3, -0.25) is 14.5 Å². The lowest BCUT2D eigenvalue weighted by atomic mass is 10.2. The first-order valence-electron chi connectivity index (χ1n) is 6.38. The van der Waals surface area contributed by atoms with Crippen molar-refractivity contribution in [1.29, 1.82) is 0 Å². The summed E-state index contributed by atoms with van der Waals surface area (Å²) in [5.41, 5.74) is 0. The monoisotopic (exact) mass is 238 g/mol. The normalized spacial score (nSPS) is 15.4. The Morgan fingerprint density at radius 1 is 1.06 bits per heavy atom. The zero-order valence-electron chi connectivity index (χ0n) is 10.7. The van der Waals surface area contributed by atoms with Gasteiger partial charge in [0.2, 0.25) is 0 Å². The summed E-state index contributed by atoms with van der Waals surface area (Å²) in [4.78, 5) is 23.8. The van der Waals surface area contributed by atoms with Gasteiger partial charge in [-0.2, -0.15) is 0 Å². The fourth-order valence-corrected chi connectivity index (χ4v) is 1.79. The highest BCUT2D eigenvalue weighted by atomic mass is 16.2. The molecule has 0 aliphatic carbocycles. The van der Waals surface area contributed by atoms with Crippen LogP contribution in [0.3, 0.4) is 0 Å². The molecule has 0 aromatic carbocycles. The first-order valence-corrected chi connectivity index (χ1v) is 6.38. The summed E-state index contributed by atoms with van der Waals surface area (Å²) in [5.74, 6) is -0.340. The lowest BCUT2D eigenvalue weighted by molar-refractivity contribution is -0.136. The number of nitrogens with one attached hydrogen (secondary N) is 1. The van der Waals surface area contributed by atoms with Gasteiger partial charge in [0.25, 0.3) is 11.8 Å². The quantitative estimate of drug-likeness (QED) is 0.514. The van der Waals surface area contributed by atoms with E-state index in [9.17, 15) is 9.59 Å². The third-order valence-corrected chi connectivity index (χ3v) is 2.76. The number of amides is 2. The van der Waals surface area contributed by atoms with Crippen molar-refractivity contribution < 1.29 is 9.59 Å². The molecule has 0 saturated heterocycles. The molecule has 0 bridgehead atoms. The van der Waals surface area contributed by atoms with Gasteiger partial charge < -0.3 is 5.32 Å². The van der Waals surface area contributed by atoms with Crippen molar-refractivity contribution in [3.05, 3.63) is 12.2 Å². The van der Waals surface area contributed by atoms with Crippen molar-refractivity contribution in [1.82, 2.24) is 10.2 Å². The predicted molar refractivity (Wildman–Crippen MR) is 67.5 cm³/mol. The first-order chi connectivity index (χ1) is 8.11. The smallest absolute Gasteiger partial charge is 0.253 e. The molecule has 1 rings (SSSR count). The molecule has 1 N–H and O–H groups in total. The van der Waals surface area contributed by atoms with Crippen molar-refractivity contribution in [2.24, 2.45) is 0 Å². The number of nitrogens with zero attached hydrogens (tertiary/aromatic N) is 1. The van der Waals surface area contributed by atoms with Crippen LogP contribution in [-0.2, 0) is 9.59 Å². The van der Waals surface area contributed by atoms with Crippen LogP contribution in [0.5, 0.6) is 0 Å². The zero-order valence-corrected chi connectivity index (χ0v) is 10.7. The van der Waals surface area contributed by atoms with Crippen molar-refractivity contribution in [2.75, 3.05) is 13.1 Å². The summed E-state index contributed by atoms with van der Waals surface area (Å²) in [6.45, 7) is 5.87. The van der Waals surface area contributed by atoms with E-state index < -0.39 is 0 Å². The van der Waals surface area contributed by atoms with Gasteiger partial charge in [0.05, 0.1) is 0 Å². The Balaban J connectivity index is 1.98. The van der Waals surface area contributed by atoms with E-state index in [1.165, 1.54) is 17.1 Å². The van der Waals surface area contributed by atoms with E-state index in [1.54, 1.807) is 0 Å². The maximum absolute atomic E-state index is 11.2. The minimum atomic E-state index is -0.170. The summed E-state index contributed by atoms with van der Waals surface area (Å²) in [6, 6.07) is 0.543. The van der Waals surface area contributed by atoms with Crippen LogP contribution in [0, 0.1) is 0 Å². The van der Waals surface area contributed by atoms with Crippen molar-refractivity contribution >= 4 is 11.8 Å². The molecule has 0 unspecified atom stereocenters. The Hall–Kier alpha value is -1.16. The Kier molecular flexibility index (Phi) is 5.91. The molecule has 0 atom stereocenters. The number of carbonyl (C=O) groups excluding carboxylic acids is 2. The maximum Gasteiger partial charge on any atom is 0.253 e. The van der Waals surface area contributed by atoms with Crippen molar-refractivity contribution in [2.45, 2.75) is 45.6 Å². The molecular formula is C13H22N2O2. The Morgan fingerprint density at radius 2 is 1.65 bits per heavy atom. The number of imide groups is 1. The molecule has 4 nitrogen and oxygen atoms in total. The molecule has 0 spiro atoms. The number of carbonyl (C=O) groups is 2. The number of hydrogen-bond acceptors (Lipinski definition) is 3. The van der Waals surface area contributed by atoms with E-state index in [2.05, 4.69) is 19.2 Å². The minimum Gasteiger partial charge on any atom is -0.315 e. The molecule has 0 saturated carbocycles. The summed E-state index contributed by atoms with van der Waals surface area (Å²) in [7, 11) is 0. The van der Waals surface area contributed by atoms with Gasteiger partial charge in [-0.05, 0) is 19.4 Å². The Labute approximate surface area is 103 Å². The number of hydrogen-bond donors (Lipinski definition) is 1. The van der Waals surface area contributed by atoms with Crippen LogP contribution in [-0.4, -0.2) is 35.8 Å². The van der Waals surface area contributed by atoms with Crippen LogP contribution in [0.4, 0.5) is 0 Å². The molecule has 1 aliphatic rings. The summed E-state index contributed by atoms with van der Waals surface area (Å²) >= 11 is 0. The summed E-state index contributed by atoms with van der Waals surface area (Å²) in [6.07, 6.45) is 6.95. The molecule has 17 heavy (non-hydrogen) atoms. The topological polar surface area (TPSA) is 49.4 Å². The van der Waals surface area contributed by atoms with Gasteiger partial charge in [-0.15, -0.1) is 0 Å². The van der Waals surface area contributed by atoms with Crippen LogP contribution in [0.15, 0.2) is 12.2 Å². The van der Waals surface area contributed by atoms with Crippen LogP contribution in [0.1, 0.15) is 39.5 Å². The molecule has 1 heterocycles. The molecular weight excluding hydrogens is 216 g/mol. The molecule has 0 aromatic rings. The molecule has 0 fully saturated rings. The van der Waals surface area contributed by atoms with E-state index >= 15 is 0 Å². The fourth-order valence-electron chi connectivity index (χ4n) is 1.79. The molecule has 96 valence electrons. The third-order valence-electron chi connectivity index (χ3n) is 2.76. The number of unbranched alkanes of at least 4 members (excludes halogenated alkanes) is 3. The average molecular weight is 238 g/mol. The van der Waals surface area contributed by atoms with Crippen LogP contribution < -0.4 is 5.32 Å². The molecule has 1 aliphatic heterocycles. The van der Waals surface area contributed by atoms with E-state index in [0.717, 1.165) is 32.2 Å². The molecule has 4 heteroatoms. The van der Waals surface area contributed by atoms with Crippen molar-refractivity contribution in [3.63, 3.8) is 0 Å². The minimum absolute atomic E-state index is 0.170. The molecule has 0 radical (unpaired) electrons. The zero-order chi connectivity index (χ0) is 12.7. The SMILES string of the molecule is CC(C)NCCCCCCN1C(=O)C=CC1=O. The van der Waals surface area contributed by atoms with E-state index in [4.69, 9.17) is 0 Å². The van der Waals surface area contributed by atoms with E-state index in [-0.39, 0.29) is 11.8 Å². The third kappa shape index (κ3) is 5.13. The first kappa shape index (κ1) is 13.9. The fraction of sp³-hybridized carbons (Fsp3) is 0.692. The highest BCUT2D eigenvalue weighted by Crippen LogP contribution is 2.07. The number of rotatable bonds is 8. The van der Waals surface area contributed by atoms with E-state index in [0.29, 0.717) is 12.6 Å². The highest BCUT2D eigenvalue weighted by molar-refractivity contribution is 6.12. The van der Waals surface area contributed by atoms with Gasteiger partial charge in [0.1, 0.15) is 0 Å². The summed E-state index contributed by atoms with van der Waals surface area (Å²) < 4.78 is 0.